The fraction of sp³-hybridized carbons (Fsp3) is 0.222. The quantitative estimate of drug-likeness (QED) is 0.797. The highest BCUT2D eigenvalue weighted by atomic mass is 35.5. The topological polar surface area (TPSA) is 55.4 Å². The highest BCUT2D eigenvalue weighted by molar-refractivity contribution is 6.33. The van der Waals surface area contributed by atoms with Gasteiger partial charge in [0.15, 0.2) is 6.61 Å². The summed E-state index contributed by atoms with van der Waals surface area (Å²) >= 11 is 5.81. The second-order valence-electron chi connectivity index (χ2n) is 5.35. The Morgan fingerprint density at radius 2 is 1.92 bits per heavy atom. The molecule has 126 valence electrons. The molecule has 1 amide bonds. The van der Waals surface area contributed by atoms with Crippen LogP contribution in [0, 0.1) is 5.82 Å². The van der Waals surface area contributed by atoms with Crippen LogP contribution in [-0.2, 0) is 14.3 Å². The summed E-state index contributed by atoms with van der Waals surface area (Å²) in [5, 5.41) is 2.54. The number of nitrogens with one attached hydrogen (secondary N) is 1. The zero-order valence-electron chi connectivity index (χ0n) is 13.1. The van der Waals surface area contributed by atoms with Gasteiger partial charge in [-0.25, -0.2) is 4.39 Å². The minimum atomic E-state index is -0.538. The molecular formula is C18H17ClFNO3. The van der Waals surface area contributed by atoms with Gasteiger partial charge in [0.05, 0.1) is 17.1 Å². The summed E-state index contributed by atoms with van der Waals surface area (Å²) in [4.78, 5) is 23.6. The smallest absolute Gasteiger partial charge is 0.306 e. The van der Waals surface area contributed by atoms with E-state index in [0.717, 1.165) is 11.6 Å². The molecule has 0 aliphatic heterocycles. The van der Waals surface area contributed by atoms with Gasteiger partial charge < -0.3 is 10.1 Å². The number of carbonyl (C=O) groups is 2. The van der Waals surface area contributed by atoms with Crippen molar-refractivity contribution in [3.05, 3.63) is 64.9 Å². The first kappa shape index (κ1) is 17.9. The fourth-order valence-corrected chi connectivity index (χ4v) is 2.35. The van der Waals surface area contributed by atoms with E-state index in [1.54, 1.807) is 0 Å². The van der Waals surface area contributed by atoms with Crippen molar-refractivity contribution >= 4 is 29.2 Å². The molecular weight excluding hydrogens is 333 g/mol. The highest BCUT2D eigenvalue weighted by Gasteiger charge is 2.14. The standard InChI is InChI=1S/C18H17ClFNO3/c1-12(13-5-3-2-4-6-13)9-18(23)24-11-17(22)21-16-8-7-14(20)10-15(16)19/h2-8,10,12H,9,11H2,1H3,(H,21,22). The Morgan fingerprint density at radius 1 is 1.21 bits per heavy atom. The lowest BCUT2D eigenvalue weighted by Crippen LogP contribution is -2.21. The highest BCUT2D eigenvalue weighted by Crippen LogP contribution is 2.22. The van der Waals surface area contributed by atoms with Gasteiger partial charge in [0, 0.05) is 0 Å². The molecule has 2 aromatic rings. The van der Waals surface area contributed by atoms with E-state index in [1.165, 1.54) is 12.1 Å². The third kappa shape index (κ3) is 5.35. The molecule has 0 saturated carbocycles. The molecule has 0 heterocycles. The molecule has 0 aliphatic rings. The van der Waals surface area contributed by atoms with Crippen LogP contribution in [0.15, 0.2) is 48.5 Å². The van der Waals surface area contributed by atoms with Gasteiger partial charge >= 0.3 is 5.97 Å². The first-order valence-corrected chi connectivity index (χ1v) is 7.79. The first-order chi connectivity index (χ1) is 11.5. The number of hydrogen-bond acceptors (Lipinski definition) is 3. The zero-order chi connectivity index (χ0) is 17.5. The number of rotatable bonds is 6. The van der Waals surface area contributed by atoms with Crippen LogP contribution in [0.25, 0.3) is 0 Å². The maximum Gasteiger partial charge on any atom is 0.306 e. The average Bonchev–Trinajstić information content (AvgIpc) is 2.56. The molecule has 24 heavy (non-hydrogen) atoms. The number of amides is 1. The number of benzene rings is 2. The number of esters is 1. The summed E-state index contributed by atoms with van der Waals surface area (Å²) in [5.41, 5.74) is 1.29. The molecule has 0 aliphatic carbocycles. The second-order valence-corrected chi connectivity index (χ2v) is 5.76. The van der Waals surface area contributed by atoms with Crippen LogP contribution >= 0.6 is 11.6 Å². The van der Waals surface area contributed by atoms with Crippen LogP contribution in [0.2, 0.25) is 5.02 Å². The normalized spacial score (nSPS) is 11.6. The molecule has 1 unspecified atom stereocenters. The van der Waals surface area contributed by atoms with E-state index in [2.05, 4.69) is 5.32 Å². The van der Waals surface area contributed by atoms with Crippen molar-refractivity contribution in [2.45, 2.75) is 19.3 Å². The Hall–Kier alpha value is -2.40. The summed E-state index contributed by atoms with van der Waals surface area (Å²) in [6.07, 6.45) is 0.175. The van der Waals surface area contributed by atoms with E-state index in [4.69, 9.17) is 16.3 Å². The second kappa shape index (κ2) is 8.45. The third-order valence-corrected chi connectivity index (χ3v) is 3.72. The Labute approximate surface area is 144 Å². The molecule has 0 fully saturated rings. The number of carbonyl (C=O) groups excluding carboxylic acids is 2. The van der Waals surface area contributed by atoms with Gasteiger partial charge in [-0.15, -0.1) is 0 Å². The molecule has 4 nitrogen and oxygen atoms in total. The van der Waals surface area contributed by atoms with E-state index in [1.807, 2.05) is 37.3 Å². The summed E-state index contributed by atoms with van der Waals surface area (Å²) in [6, 6.07) is 13.2. The zero-order valence-corrected chi connectivity index (χ0v) is 13.8. The molecule has 2 aromatic carbocycles. The predicted octanol–water partition coefficient (Wildman–Crippen LogP) is 4.15. The van der Waals surface area contributed by atoms with Crippen molar-refractivity contribution in [2.75, 3.05) is 11.9 Å². The minimum absolute atomic E-state index is 0.00620. The maximum atomic E-state index is 12.9. The van der Waals surface area contributed by atoms with E-state index in [9.17, 15) is 14.0 Å². The van der Waals surface area contributed by atoms with Crippen molar-refractivity contribution in [1.82, 2.24) is 0 Å². The number of ether oxygens (including phenoxy) is 1. The van der Waals surface area contributed by atoms with E-state index < -0.39 is 24.3 Å². The molecule has 6 heteroatoms. The predicted molar refractivity (Wildman–Crippen MR) is 90.5 cm³/mol. The van der Waals surface area contributed by atoms with Gasteiger partial charge in [0.25, 0.3) is 5.91 Å². The van der Waals surface area contributed by atoms with Crippen LogP contribution in [0.5, 0.6) is 0 Å². The summed E-state index contributed by atoms with van der Waals surface area (Å²) in [5.74, 6) is -1.51. The van der Waals surface area contributed by atoms with Crippen molar-refractivity contribution in [3.8, 4) is 0 Å². The Bertz CT molecular complexity index is 721. The SMILES string of the molecule is CC(CC(=O)OCC(=O)Nc1ccc(F)cc1Cl)c1ccccc1. The number of hydrogen-bond donors (Lipinski definition) is 1. The molecule has 0 bridgehead atoms. The van der Waals surface area contributed by atoms with Crippen molar-refractivity contribution in [3.63, 3.8) is 0 Å². The number of halogens is 2. The summed E-state index contributed by atoms with van der Waals surface area (Å²) < 4.78 is 17.9. The molecule has 0 radical (unpaired) electrons. The molecule has 0 aromatic heterocycles. The molecule has 2 rings (SSSR count). The average molecular weight is 350 g/mol. The largest absolute Gasteiger partial charge is 0.456 e. The third-order valence-electron chi connectivity index (χ3n) is 3.41. The Balaban J connectivity index is 1.80. The van der Waals surface area contributed by atoms with Crippen LogP contribution in [0.1, 0.15) is 24.8 Å². The van der Waals surface area contributed by atoms with Gasteiger partial charge in [-0.1, -0.05) is 48.9 Å². The van der Waals surface area contributed by atoms with Crippen molar-refractivity contribution in [2.24, 2.45) is 0 Å². The lowest BCUT2D eigenvalue weighted by atomic mass is 9.98. The van der Waals surface area contributed by atoms with Crippen molar-refractivity contribution in [1.29, 1.82) is 0 Å². The molecule has 1 atom stereocenters. The number of anilines is 1. The van der Waals surface area contributed by atoms with Crippen LogP contribution in [0.4, 0.5) is 10.1 Å². The van der Waals surface area contributed by atoms with E-state index in [0.29, 0.717) is 0 Å². The lowest BCUT2D eigenvalue weighted by molar-refractivity contribution is -0.147. The fourth-order valence-electron chi connectivity index (χ4n) is 2.13. The Morgan fingerprint density at radius 3 is 2.58 bits per heavy atom. The summed E-state index contributed by atoms with van der Waals surface area (Å²) in [7, 11) is 0. The van der Waals surface area contributed by atoms with Gasteiger partial charge in [-0.2, -0.15) is 0 Å². The summed E-state index contributed by atoms with van der Waals surface area (Å²) in [6.45, 7) is 1.49. The molecule has 0 spiro atoms. The van der Waals surface area contributed by atoms with Gasteiger partial charge in [0.2, 0.25) is 0 Å². The Kier molecular flexibility index (Phi) is 6.32. The van der Waals surface area contributed by atoms with Crippen molar-refractivity contribution < 1.29 is 18.7 Å². The minimum Gasteiger partial charge on any atom is -0.456 e. The molecule has 1 N–H and O–H groups in total. The maximum absolute atomic E-state index is 12.9. The van der Waals surface area contributed by atoms with Gasteiger partial charge in [0.1, 0.15) is 5.82 Å². The van der Waals surface area contributed by atoms with Crippen LogP contribution in [-0.4, -0.2) is 18.5 Å². The van der Waals surface area contributed by atoms with Crippen LogP contribution in [0.3, 0.4) is 0 Å². The van der Waals surface area contributed by atoms with E-state index >= 15 is 0 Å². The molecule has 0 saturated heterocycles. The van der Waals surface area contributed by atoms with Gasteiger partial charge in [-0.05, 0) is 29.7 Å². The monoisotopic (exact) mass is 349 g/mol. The lowest BCUT2D eigenvalue weighted by Gasteiger charge is -2.12. The van der Waals surface area contributed by atoms with E-state index in [-0.39, 0.29) is 23.0 Å². The van der Waals surface area contributed by atoms with Crippen LogP contribution < -0.4 is 5.32 Å². The van der Waals surface area contributed by atoms with Gasteiger partial charge in [-0.3, -0.25) is 9.59 Å². The first-order valence-electron chi connectivity index (χ1n) is 7.41.